The van der Waals surface area contributed by atoms with Crippen LogP contribution >= 0.6 is 0 Å². The van der Waals surface area contributed by atoms with Gasteiger partial charge in [0.1, 0.15) is 11.6 Å². The highest BCUT2D eigenvalue weighted by atomic mass is 16.5. The summed E-state index contributed by atoms with van der Waals surface area (Å²) >= 11 is 0. The monoisotopic (exact) mass is 266 g/mol. The molecule has 0 fully saturated rings. The van der Waals surface area contributed by atoms with E-state index in [0.29, 0.717) is 11.4 Å². The Morgan fingerprint density at radius 2 is 2.32 bits per heavy atom. The van der Waals surface area contributed by atoms with Crippen LogP contribution in [0.4, 0.5) is 10.5 Å². The van der Waals surface area contributed by atoms with Gasteiger partial charge in [0.15, 0.2) is 0 Å². The summed E-state index contributed by atoms with van der Waals surface area (Å²) in [5.41, 5.74) is 6.02. The van der Waals surface area contributed by atoms with Gasteiger partial charge in [-0.3, -0.25) is 0 Å². The van der Waals surface area contributed by atoms with E-state index in [9.17, 15) is 4.79 Å². The highest BCUT2D eigenvalue weighted by Gasteiger charge is 2.09. The summed E-state index contributed by atoms with van der Waals surface area (Å²) in [5.74, 6) is 0.477. The van der Waals surface area contributed by atoms with Crippen molar-refractivity contribution in [2.75, 3.05) is 19.0 Å². The molecule has 1 unspecified atom stereocenters. The fourth-order valence-corrected chi connectivity index (χ4v) is 1.33. The molecule has 1 aromatic rings. The number of nitrogens with one attached hydrogen (secondary N) is 2. The topological polar surface area (TPSA) is 109 Å². The first kappa shape index (κ1) is 14.6. The molecule has 1 atom stereocenters. The normalized spacial score (nSPS) is 12.6. The van der Waals surface area contributed by atoms with Crippen LogP contribution in [0.15, 0.2) is 29.4 Å². The number of oxime groups is 1. The number of nitrogens with zero attached hydrogens (tertiary/aromatic N) is 1. The van der Waals surface area contributed by atoms with Gasteiger partial charge in [-0.15, -0.1) is 0 Å². The molecule has 7 heteroatoms. The molecule has 104 valence electrons. The van der Waals surface area contributed by atoms with E-state index in [1.165, 1.54) is 0 Å². The Labute approximate surface area is 111 Å². The van der Waals surface area contributed by atoms with Crippen LogP contribution in [-0.4, -0.2) is 30.7 Å². The largest absolute Gasteiger partial charge is 0.497 e. The third kappa shape index (κ3) is 4.74. The third-order valence-electron chi connectivity index (χ3n) is 2.52. The van der Waals surface area contributed by atoms with Crippen LogP contribution in [0.25, 0.3) is 0 Å². The van der Waals surface area contributed by atoms with Gasteiger partial charge < -0.3 is 26.3 Å². The second-order valence-corrected chi connectivity index (χ2v) is 3.99. The van der Waals surface area contributed by atoms with E-state index < -0.39 is 0 Å². The molecule has 0 aliphatic rings. The molecule has 5 N–H and O–H groups in total. The van der Waals surface area contributed by atoms with Crippen molar-refractivity contribution in [3.8, 4) is 5.75 Å². The van der Waals surface area contributed by atoms with Crippen LogP contribution < -0.4 is 21.1 Å². The number of nitrogens with two attached hydrogens (primary N) is 1. The summed E-state index contributed by atoms with van der Waals surface area (Å²) in [4.78, 5) is 11.6. The maximum absolute atomic E-state index is 11.6. The average molecular weight is 266 g/mol. The fraction of sp³-hybridized carbons (Fsp3) is 0.333. The molecular weight excluding hydrogens is 248 g/mol. The molecule has 0 aliphatic heterocycles. The fourth-order valence-electron chi connectivity index (χ4n) is 1.33. The molecule has 0 saturated heterocycles. The first-order valence-corrected chi connectivity index (χ1v) is 5.73. The lowest BCUT2D eigenvalue weighted by Gasteiger charge is -2.12. The quantitative estimate of drug-likeness (QED) is 0.278. The molecule has 7 nitrogen and oxygen atoms in total. The number of rotatable bonds is 5. The molecule has 0 aromatic heterocycles. The number of hydrogen-bond acceptors (Lipinski definition) is 4. The smallest absolute Gasteiger partial charge is 0.319 e. The van der Waals surface area contributed by atoms with E-state index in [-0.39, 0.29) is 24.3 Å². The summed E-state index contributed by atoms with van der Waals surface area (Å²) in [6.45, 7) is 2.01. The van der Waals surface area contributed by atoms with Gasteiger partial charge in [0.2, 0.25) is 0 Å². The van der Waals surface area contributed by atoms with Gasteiger partial charge in [0.05, 0.1) is 7.11 Å². The summed E-state index contributed by atoms with van der Waals surface area (Å²) in [6, 6.07) is 6.63. The minimum Gasteiger partial charge on any atom is -0.497 e. The maximum atomic E-state index is 11.6. The number of carbonyl (C=O) groups excluding carboxylic acids is 1. The molecule has 0 spiro atoms. The van der Waals surface area contributed by atoms with E-state index in [4.69, 9.17) is 15.7 Å². The number of carbonyl (C=O) groups is 1. The number of benzene rings is 1. The second-order valence-electron chi connectivity index (χ2n) is 3.99. The minimum atomic E-state index is -0.370. The third-order valence-corrected chi connectivity index (χ3v) is 2.52. The number of methoxy groups -OCH3 is 1. The Morgan fingerprint density at radius 1 is 1.58 bits per heavy atom. The highest BCUT2D eigenvalue weighted by molar-refractivity contribution is 5.90. The van der Waals surface area contributed by atoms with Crippen LogP contribution in [-0.2, 0) is 0 Å². The number of hydrogen-bond donors (Lipinski definition) is 4. The number of amidine groups is 1. The van der Waals surface area contributed by atoms with E-state index in [1.807, 2.05) is 0 Å². The Bertz CT molecular complexity index is 462. The Hall–Kier alpha value is -2.44. The molecule has 0 saturated carbocycles. The van der Waals surface area contributed by atoms with Gasteiger partial charge in [0.25, 0.3) is 0 Å². The zero-order valence-corrected chi connectivity index (χ0v) is 10.9. The van der Waals surface area contributed by atoms with Crippen molar-refractivity contribution < 1.29 is 14.7 Å². The summed E-state index contributed by atoms with van der Waals surface area (Å²) in [6.07, 6.45) is 0. The zero-order valence-electron chi connectivity index (χ0n) is 10.9. The Kier molecular flexibility index (Phi) is 5.46. The van der Waals surface area contributed by atoms with Crippen LogP contribution in [0.2, 0.25) is 0 Å². The maximum Gasteiger partial charge on any atom is 0.319 e. The Morgan fingerprint density at radius 3 is 2.95 bits per heavy atom. The molecule has 0 aliphatic carbocycles. The lowest BCUT2D eigenvalue weighted by atomic mass is 10.1. The Balaban J connectivity index is 2.47. The molecule has 0 heterocycles. The van der Waals surface area contributed by atoms with Crippen molar-refractivity contribution >= 4 is 17.6 Å². The van der Waals surface area contributed by atoms with E-state index in [2.05, 4.69) is 15.8 Å². The summed E-state index contributed by atoms with van der Waals surface area (Å²) in [7, 11) is 1.55. The average Bonchev–Trinajstić information content (AvgIpc) is 2.44. The lowest BCUT2D eigenvalue weighted by Crippen LogP contribution is -2.36. The van der Waals surface area contributed by atoms with Crippen molar-refractivity contribution in [2.45, 2.75) is 6.92 Å². The number of ether oxygens (including phenoxy) is 1. The van der Waals surface area contributed by atoms with Gasteiger partial charge in [0, 0.05) is 24.2 Å². The molecule has 19 heavy (non-hydrogen) atoms. The molecule has 2 amide bonds. The van der Waals surface area contributed by atoms with Crippen molar-refractivity contribution in [3.63, 3.8) is 0 Å². The van der Waals surface area contributed by atoms with Crippen LogP contribution in [0.3, 0.4) is 0 Å². The zero-order chi connectivity index (χ0) is 14.3. The van der Waals surface area contributed by atoms with Crippen molar-refractivity contribution in [1.29, 1.82) is 0 Å². The van der Waals surface area contributed by atoms with E-state index >= 15 is 0 Å². The van der Waals surface area contributed by atoms with E-state index in [0.717, 1.165) is 0 Å². The molecule has 0 radical (unpaired) electrons. The van der Waals surface area contributed by atoms with Gasteiger partial charge in [-0.25, -0.2) is 4.79 Å². The van der Waals surface area contributed by atoms with Crippen molar-refractivity contribution in [1.82, 2.24) is 5.32 Å². The first-order chi connectivity index (χ1) is 9.06. The predicted octanol–water partition coefficient (Wildman–Crippen LogP) is 1.20. The van der Waals surface area contributed by atoms with Gasteiger partial charge in [-0.1, -0.05) is 18.1 Å². The second kappa shape index (κ2) is 7.10. The van der Waals surface area contributed by atoms with Crippen molar-refractivity contribution in [3.05, 3.63) is 24.3 Å². The number of amides is 2. The minimum absolute atomic E-state index is 0.0710. The van der Waals surface area contributed by atoms with Gasteiger partial charge >= 0.3 is 6.03 Å². The SMILES string of the molecule is COc1cccc(NC(=O)NCC(C)/C(N)=N/O)c1. The molecule has 0 bridgehead atoms. The molecule has 1 rings (SSSR count). The summed E-state index contributed by atoms with van der Waals surface area (Å²) < 4.78 is 5.05. The van der Waals surface area contributed by atoms with Crippen LogP contribution in [0.1, 0.15) is 6.92 Å². The summed E-state index contributed by atoms with van der Waals surface area (Å²) in [5, 5.41) is 16.6. The first-order valence-electron chi connectivity index (χ1n) is 5.73. The lowest BCUT2D eigenvalue weighted by molar-refractivity contribution is 0.251. The van der Waals surface area contributed by atoms with Crippen LogP contribution in [0, 0.1) is 5.92 Å². The van der Waals surface area contributed by atoms with Crippen LogP contribution in [0.5, 0.6) is 5.75 Å². The number of anilines is 1. The van der Waals surface area contributed by atoms with Gasteiger partial charge in [-0.05, 0) is 12.1 Å². The van der Waals surface area contributed by atoms with Crippen molar-refractivity contribution in [2.24, 2.45) is 16.8 Å². The van der Waals surface area contributed by atoms with E-state index in [1.54, 1.807) is 38.3 Å². The number of urea groups is 1. The molecule has 1 aromatic carbocycles. The highest BCUT2D eigenvalue weighted by Crippen LogP contribution is 2.16. The standard InChI is InChI=1S/C12H18N4O3/c1-8(11(13)16-18)7-14-12(17)15-9-4-3-5-10(6-9)19-2/h3-6,8,18H,7H2,1-2H3,(H2,13,16)(H2,14,15,17). The predicted molar refractivity (Wildman–Crippen MR) is 72.6 cm³/mol. The van der Waals surface area contributed by atoms with Gasteiger partial charge in [-0.2, -0.15) is 0 Å². The molecular formula is C12H18N4O3.